The molecule has 0 fully saturated rings. The zero-order valence-corrected chi connectivity index (χ0v) is 12.7. The van der Waals surface area contributed by atoms with Crippen LogP contribution in [-0.4, -0.2) is 17.6 Å². The van der Waals surface area contributed by atoms with Crippen molar-refractivity contribution in [1.82, 2.24) is 4.57 Å². The van der Waals surface area contributed by atoms with Crippen LogP contribution in [0.3, 0.4) is 0 Å². The van der Waals surface area contributed by atoms with Crippen LogP contribution in [0.5, 0.6) is 0 Å². The highest BCUT2D eigenvalue weighted by molar-refractivity contribution is 5.91. The number of aryl methyl sites for hydroxylation is 1. The number of rotatable bonds is 3. The molecule has 2 rings (SSSR count). The number of aromatic nitrogens is 1. The van der Waals surface area contributed by atoms with E-state index in [0.29, 0.717) is 11.5 Å². The molecule has 0 amide bonds. The molecule has 0 saturated carbocycles. The molecule has 0 N–H and O–H groups in total. The number of esters is 1. The quantitative estimate of drug-likeness (QED) is 0.790. The fourth-order valence-corrected chi connectivity index (χ4v) is 2.49. The van der Waals surface area contributed by atoms with Crippen LogP contribution in [0.2, 0.25) is 0 Å². The number of methoxy groups -OCH3 is 1. The zero-order chi connectivity index (χ0) is 14.9. The predicted molar refractivity (Wildman–Crippen MR) is 80.7 cm³/mol. The highest BCUT2D eigenvalue weighted by Crippen LogP contribution is 2.23. The van der Waals surface area contributed by atoms with Crippen LogP contribution in [-0.2, 0) is 4.74 Å². The summed E-state index contributed by atoms with van der Waals surface area (Å²) in [6.45, 7) is 8.29. The molecule has 0 unspecified atom stereocenters. The van der Waals surface area contributed by atoms with Gasteiger partial charge in [-0.15, -0.1) is 0 Å². The van der Waals surface area contributed by atoms with E-state index in [0.717, 1.165) is 17.1 Å². The van der Waals surface area contributed by atoms with Crippen molar-refractivity contribution in [3.05, 3.63) is 52.8 Å². The second kappa shape index (κ2) is 5.53. The van der Waals surface area contributed by atoms with E-state index in [1.54, 1.807) is 0 Å². The molecule has 3 nitrogen and oxygen atoms in total. The van der Waals surface area contributed by atoms with Crippen LogP contribution >= 0.6 is 0 Å². The fraction of sp³-hybridized carbons (Fsp3) is 0.353. The largest absolute Gasteiger partial charge is 0.465 e. The van der Waals surface area contributed by atoms with Gasteiger partial charge in [-0.3, -0.25) is 0 Å². The molecule has 2 aromatic rings. The van der Waals surface area contributed by atoms with Crippen LogP contribution < -0.4 is 0 Å². The van der Waals surface area contributed by atoms with Crippen molar-refractivity contribution in [3.8, 4) is 5.69 Å². The molecule has 1 heterocycles. The van der Waals surface area contributed by atoms with Crippen LogP contribution in [0.4, 0.5) is 0 Å². The fourth-order valence-electron chi connectivity index (χ4n) is 2.49. The molecule has 1 aromatic carbocycles. The summed E-state index contributed by atoms with van der Waals surface area (Å²) in [7, 11) is 1.41. The summed E-state index contributed by atoms with van der Waals surface area (Å²) in [5.74, 6) is 0.227. The maximum atomic E-state index is 11.7. The van der Waals surface area contributed by atoms with Gasteiger partial charge in [-0.2, -0.15) is 0 Å². The Morgan fingerprint density at radius 1 is 1.15 bits per heavy atom. The second-order valence-corrected chi connectivity index (χ2v) is 5.36. The first-order chi connectivity index (χ1) is 9.45. The molecule has 0 aliphatic heterocycles. The molecule has 20 heavy (non-hydrogen) atoms. The Kier molecular flexibility index (Phi) is 3.98. The number of carbonyl (C=O) groups is 1. The van der Waals surface area contributed by atoms with Gasteiger partial charge in [0.1, 0.15) is 0 Å². The number of hydrogen-bond donors (Lipinski definition) is 0. The van der Waals surface area contributed by atoms with Gasteiger partial charge in [-0.25, -0.2) is 4.79 Å². The summed E-state index contributed by atoms with van der Waals surface area (Å²) in [5, 5.41) is 0. The molecular weight excluding hydrogens is 250 g/mol. The van der Waals surface area contributed by atoms with Crippen LogP contribution in [0.25, 0.3) is 5.69 Å². The number of carbonyl (C=O) groups excluding carboxylic acids is 1. The molecule has 0 radical (unpaired) electrons. The summed E-state index contributed by atoms with van der Waals surface area (Å²) >= 11 is 0. The third-order valence-electron chi connectivity index (χ3n) is 3.65. The standard InChI is InChI=1S/C17H21NO2/c1-11(2)14-6-8-15(9-7-14)18-12(3)10-16(13(18)4)17(19)20-5/h6-11H,1-5H3. The van der Waals surface area contributed by atoms with Crippen molar-refractivity contribution in [3.63, 3.8) is 0 Å². The molecule has 0 spiro atoms. The van der Waals surface area contributed by atoms with E-state index in [4.69, 9.17) is 4.74 Å². The van der Waals surface area contributed by atoms with E-state index in [2.05, 4.69) is 42.7 Å². The van der Waals surface area contributed by atoms with Crippen molar-refractivity contribution in [2.45, 2.75) is 33.6 Å². The molecule has 0 atom stereocenters. The van der Waals surface area contributed by atoms with Crippen molar-refractivity contribution < 1.29 is 9.53 Å². The number of hydrogen-bond acceptors (Lipinski definition) is 2. The Hall–Kier alpha value is -2.03. The minimum absolute atomic E-state index is 0.289. The second-order valence-electron chi connectivity index (χ2n) is 5.36. The predicted octanol–water partition coefficient (Wildman–Crippen LogP) is 4.00. The number of benzene rings is 1. The highest BCUT2D eigenvalue weighted by atomic mass is 16.5. The third kappa shape index (κ3) is 2.48. The Morgan fingerprint density at radius 3 is 2.25 bits per heavy atom. The summed E-state index contributed by atoms with van der Waals surface area (Å²) in [5.41, 5.74) is 4.94. The molecule has 3 heteroatoms. The van der Waals surface area contributed by atoms with E-state index in [1.807, 2.05) is 19.9 Å². The molecular formula is C17H21NO2. The van der Waals surface area contributed by atoms with Crippen molar-refractivity contribution in [2.24, 2.45) is 0 Å². The van der Waals surface area contributed by atoms with Gasteiger partial charge in [-0.1, -0.05) is 26.0 Å². The topological polar surface area (TPSA) is 31.2 Å². The van der Waals surface area contributed by atoms with E-state index in [1.165, 1.54) is 12.7 Å². The van der Waals surface area contributed by atoms with E-state index in [-0.39, 0.29) is 5.97 Å². The normalized spacial score (nSPS) is 10.9. The minimum Gasteiger partial charge on any atom is -0.465 e. The van der Waals surface area contributed by atoms with Gasteiger partial charge in [0.25, 0.3) is 0 Å². The molecule has 0 bridgehead atoms. The Labute approximate surface area is 120 Å². The van der Waals surface area contributed by atoms with E-state index >= 15 is 0 Å². The Balaban J connectivity index is 2.47. The lowest BCUT2D eigenvalue weighted by molar-refractivity contribution is 0.0600. The lowest BCUT2D eigenvalue weighted by atomic mass is 10.0. The van der Waals surface area contributed by atoms with Crippen LogP contribution in [0.1, 0.15) is 47.1 Å². The van der Waals surface area contributed by atoms with Gasteiger partial charge < -0.3 is 9.30 Å². The Morgan fingerprint density at radius 2 is 1.75 bits per heavy atom. The highest BCUT2D eigenvalue weighted by Gasteiger charge is 2.16. The molecule has 0 saturated heterocycles. The van der Waals surface area contributed by atoms with Crippen molar-refractivity contribution in [2.75, 3.05) is 7.11 Å². The van der Waals surface area contributed by atoms with Crippen molar-refractivity contribution >= 4 is 5.97 Å². The van der Waals surface area contributed by atoms with Crippen LogP contribution in [0.15, 0.2) is 30.3 Å². The van der Waals surface area contributed by atoms with Gasteiger partial charge in [0.2, 0.25) is 0 Å². The van der Waals surface area contributed by atoms with Gasteiger partial charge in [0.15, 0.2) is 0 Å². The summed E-state index contributed by atoms with van der Waals surface area (Å²) in [4.78, 5) is 11.7. The Bertz CT molecular complexity index is 621. The first-order valence-electron chi connectivity index (χ1n) is 6.83. The zero-order valence-electron chi connectivity index (χ0n) is 12.7. The van der Waals surface area contributed by atoms with Gasteiger partial charge in [0, 0.05) is 17.1 Å². The first kappa shape index (κ1) is 14.4. The summed E-state index contributed by atoms with van der Waals surface area (Å²) in [6.07, 6.45) is 0. The van der Waals surface area contributed by atoms with Gasteiger partial charge in [-0.05, 0) is 43.5 Å². The van der Waals surface area contributed by atoms with Crippen LogP contribution in [0, 0.1) is 13.8 Å². The maximum absolute atomic E-state index is 11.7. The molecule has 0 aliphatic carbocycles. The maximum Gasteiger partial charge on any atom is 0.339 e. The average Bonchev–Trinajstić information content (AvgIpc) is 2.73. The van der Waals surface area contributed by atoms with Gasteiger partial charge >= 0.3 is 5.97 Å². The first-order valence-corrected chi connectivity index (χ1v) is 6.83. The van der Waals surface area contributed by atoms with Crippen molar-refractivity contribution in [1.29, 1.82) is 0 Å². The minimum atomic E-state index is -0.289. The number of nitrogens with zero attached hydrogens (tertiary/aromatic N) is 1. The van der Waals surface area contributed by atoms with Gasteiger partial charge in [0.05, 0.1) is 12.7 Å². The van der Waals surface area contributed by atoms with E-state index in [9.17, 15) is 4.79 Å². The molecule has 0 aliphatic rings. The molecule has 1 aromatic heterocycles. The monoisotopic (exact) mass is 271 g/mol. The lowest BCUT2D eigenvalue weighted by Crippen LogP contribution is -2.04. The smallest absolute Gasteiger partial charge is 0.339 e. The number of ether oxygens (including phenoxy) is 1. The van der Waals surface area contributed by atoms with E-state index < -0.39 is 0 Å². The third-order valence-corrected chi connectivity index (χ3v) is 3.65. The summed E-state index contributed by atoms with van der Waals surface area (Å²) < 4.78 is 6.90. The SMILES string of the molecule is COC(=O)c1cc(C)n(-c2ccc(C(C)C)cc2)c1C. The lowest BCUT2D eigenvalue weighted by Gasteiger charge is -2.12. The molecule has 106 valence electrons. The average molecular weight is 271 g/mol. The summed E-state index contributed by atoms with van der Waals surface area (Å²) in [6, 6.07) is 10.3.